The number of aromatic nitrogens is 1. The lowest BCUT2D eigenvalue weighted by Crippen LogP contribution is -2.37. The van der Waals surface area contributed by atoms with E-state index in [1.165, 1.54) is 12.8 Å². The van der Waals surface area contributed by atoms with Crippen LogP contribution in [-0.2, 0) is 4.79 Å². The van der Waals surface area contributed by atoms with Gasteiger partial charge in [-0.25, -0.2) is 4.98 Å². The largest absolute Gasteiger partial charge is 0.353 e. The standard InChI is InChI=1S/C17H25ClN4O.2ClH/c18-15-2-1-8-20-17(15)22-11-7-14(12-22)21-16(23)4-3-13-5-9-19-10-6-13;;/h1-2,8,13-14,19H,3-7,9-12H2,(H,21,23);2*1H. The third-order valence-corrected chi connectivity index (χ3v) is 5.13. The molecule has 1 amide bonds. The third kappa shape index (κ3) is 6.48. The molecule has 0 saturated carbocycles. The smallest absolute Gasteiger partial charge is 0.220 e. The maximum Gasteiger partial charge on any atom is 0.220 e. The van der Waals surface area contributed by atoms with E-state index >= 15 is 0 Å². The third-order valence-electron chi connectivity index (χ3n) is 4.83. The first kappa shape index (κ1) is 22.3. The second-order valence-electron chi connectivity index (χ2n) is 6.54. The number of nitrogens with one attached hydrogen (secondary N) is 2. The van der Waals surface area contributed by atoms with Crippen LogP contribution in [0.5, 0.6) is 0 Å². The van der Waals surface area contributed by atoms with E-state index in [0.717, 1.165) is 44.8 Å². The summed E-state index contributed by atoms with van der Waals surface area (Å²) in [7, 11) is 0. The predicted octanol–water partition coefficient (Wildman–Crippen LogP) is 3.05. The molecule has 0 aromatic carbocycles. The van der Waals surface area contributed by atoms with Gasteiger partial charge in [0.15, 0.2) is 0 Å². The van der Waals surface area contributed by atoms with Gasteiger partial charge in [0.2, 0.25) is 5.91 Å². The van der Waals surface area contributed by atoms with Crippen LogP contribution in [0.25, 0.3) is 0 Å². The highest BCUT2D eigenvalue weighted by atomic mass is 35.5. The minimum atomic E-state index is 0. The Kier molecular flexibility index (Phi) is 9.87. The van der Waals surface area contributed by atoms with Gasteiger partial charge in [0.05, 0.1) is 5.02 Å². The molecule has 3 heterocycles. The lowest BCUT2D eigenvalue weighted by atomic mass is 9.93. The van der Waals surface area contributed by atoms with Crippen molar-refractivity contribution in [3.8, 4) is 0 Å². The Balaban J connectivity index is 0.00000156. The second-order valence-corrected chi connectivity index (χ2v) is 6.95. The van der Waals surface area contributed by atoms with Gasteiger partial charge < -0.3 is 15.5 Å². The molecule has 0 spiro atoms. The summed E-state index contributed by atoms with van der Waals surface area (Å²) < 4.78 is 0. The van der Waals surface area contributed by atoms with Gasteiger partial charge in [0, 0.05) is 31.7 Å². The molecule has 25 heavy (non-hydrogen) atoms. The van der Waals surface area contributed by atoms with Gasteiger partial charge in [0.25, 0.3) is 0 Å². The lowest BCUT2D eigenvalue weighted by Gasteiger charge is -2.22. The van der Waals surface area contributed by atoms with Crippen LogP contribution in [0, 0.1) is 5.92 Å². The molecule has 142 valence electrons. The number of pyridine rings is 1. The Morgan fingerprint density at radius 2 is 2.08 bits per heavy atom. The van der Waals surface area contributed by atoms with Crippen molar-refractivity contribution in [1.82, 2.24) is 15.6 Å². The SMILES string of the molecule is Cl.Cl.O=C(CCC1CCNCC1)NC1CCN(c2ncccc2Cl)C1. The minimum Gasteiger partial charge on any atom is -0.353 e. The summed E-state index contributed by atoms with van der Waals surface area (Å²) in [5.41, 5.74) is 0. The Morgan fingerprint density at radius 3 is 2.80 bits per heavy atom. The molecular weight excluding hydrogens is 383 g/mol. The lowest BCUT2D eigenvalue weighted by molar-refractivity contribution is -0.122. The first-order valence-electron chi connectivity index (χ1n) is 8.58. The van der Waals surface area contributed by atoms with Crippen LogP contribution < -0.4 is 15.5 Å². The van der Waals surface area contributed by atoms with Gasteiger partial charge in [-0.1, -0.05) is 11.6 Å². The molecule has 2 aliphatic rings. The molecule has 3 rings (SSSR count). The quantitative estimate of drug-likeness (QED) is 0.785. The molecule has 8 heteroatoms. The molecular formula is C17H27Cl3N4O. The van der Waals surface area contributed by atoms with Crippen LogP contribution in [-0.4, -0.2) is 43.1 Å². The molecule has 1 unspecified atom stereocenters. The maximum absolute atomic E-state index is 12.2. The Hall–Kier alpha value is -0.750. The second kappa shape index (κ2) is 11.1. The van der Waals surface area contributed by atoms with Crippen LogP contribution in [0.4, 0.5) is 5.82 Å². The van der Waals surface area contributed by atoms with Gasteiger partial charge in [-0.3, -0.25) is 4.79 Å². The number of nitrogens with zero attached hydrogens (tertiary/aromatic N) is 2. The summed E-state index contributed by atoms with van der Waals surface area (Å²) in [5.74, 6) is 1.71. The van der Waals surface area contributed by atoms with Gasteiger partial charge >= 0.3 is 0 Å². The molecule has 1 aromatic heterocycles. The van der Waals surface area contributed by atoms with E-state index in [2.05, 4.69) is 20.5 Å². The fraction of sp³-hybridized carbons (Fsp3) is 0.647. The number of halogens is 3. The molecule has 2 saturated heterocycles. The summed E-state index contributed by atoms with van der Waals surface area (Å²) in [6.07, 6.45) is 6.75. The van der Waals surface area contributed by atoms with E-state index in [4.69, 9.17) is 11.6 Å². The highest BCUT2D eigenvalue weighted by Gasteiger charge is 2.26. The minimum absolute atomic E-state index is 0. The summed E-state index contributed by atoms with van der Waals surface area (Å²) in [5, 5.41) is 7.21. The number of amides is 1. The van der Waals surface area contributed by atoms with Crippen molar-refractivity contribution in [3.05, 3.63) is 23.4 Å². The molecule has 0 aliphatic carbocycles. The van der Waals surface area contributed by atoms with E-state index in [-0.39, 0.29) is 36.8 Å². The van der Waals surface area contributed by atoms with Gasteiger partial charge in [-0.2, -0.15) is 0 Å². The van der Waals surface area contributed by atoms with Crippen molar-refractivity contribution in [2.75, 3.05) is 31.1 Å². The molecule has 2 N–H and O–H groups in total. The van der Waals surface area contributed by atoms with E-state index in [0.29, 0.717) is 17.4 Å². The summed E-state index contributed by atoms with van der Waals surface area (Å²) >= 11 is 6.20. The van der Waals surface area contributed by atoms with Crippen molar-refractivity contribution < 1.29 is 4.79 Å². The number of carbonyl (C=O) groups is 1. The van der Waals surface area contributed by atoms with Crippen molar-refractivity contribution in [3.63, 3.8) is 0 Å². The molecule has 0 radical (unpaired) electrons. The summed E-state index contributed by atoms with van der Waals surface area (Å²) in [6.45, 7) is 3.86. The average molecular weight is 410 g/mol. The fourth-order valence-corrected chi connectivity index (χ4v) is 3.73. The van der Waals surface area contributed by atoms with Gasteiger partial charge in [-0.05, 0) is 56.8 Å². The molecule has 1 aromatic rings. The van der Waals surface area contributed by atoms with Gasteiger partial charge in [-0.15, -0.1) is 24.8 Å². The molecule has 1 atom stereocenters. The van der Waals surface area contributed by atoms with Crippen LogP contribution in [0.3, 0.4) is 0 Å². The first-order valence-corrected chi connectivity index (χ1v) is 8.95. The Labute approximate surface area is 167 Å². The van der Waals surface area contributed by atoms with Crippen LogP contribution in [0.15, 0.2) is 18.3 Å². The highest BCUT2D eigenvalue weighted by Crippen LogP contribution is 2.26. The highest BCUT2D eigenvalue weighted by molar-refractivity contribution is 6.32. The Bertz CT molecular complexity index is 540. The first-order chi connectivity index (χ1) is 11.2. The molecule has 0 bridgehead atoms. The zero-order valence-corrected chi connectivity index (χ0v) is 16.6. The van der Waals surface area contributed by atoms with E-state index < -0.39 is 0 Å². The average Bonchev–Trinajstić information content (AvgIpc) is 3.02. The number of anilines is 1. The number of carbonyl (C=O) groups excluding carboxylic acids is 1. The zero-order chi connectivity index (χ0) is 16.1. The van der Waals surface area contributed by atoms with Crippen LogP contribution in [0.2, 0.25) is 5.02 Å². The van der Waals surface area contributed by atoms with Crippen LogP contribution >= 0.6 is 36.4 Å². The normalized spacial score (nSPS) is 20.5. The monoisotopic (exact) mass is 408 g/mol. The predicted molar refractivity (Wildman–Crippen MR) is 107 cm³/mol. The topological polar surface area (TPSA) is 57.3 Å². The number of hydrogen-bond donors (Lipinski definition) is 2. The number of piperidine rings is 1. The van der Waals surface area contributed by atoms with Crippen LogP contribution in [0.1, 0.15) is 32.1 Å². The van der Waals surface area contributed by atoms with E-state index in [1.54, 1.807) is 6.20 Å². The van der Waals surface area contributed by atoms with E-state index in [1.807, 2.05) is 12.1 Å². The number of hydrogen-bond acceptors (Lipinski definition) is 4. The fourth-order valence-electron chi connectivity index (χ4n) is 3.49. The van der Waals surface area contributed by atoms with Crippen molar-refractivity contribution in [1.29, 1.82) is 0 Å². The summed E-state index contributed by atoms with van der Waals surface area (Å²) in [4.78, 5) is 18.7. The van der Waals surface area contributed by atoms with Crippen molar-refractivity contribution in [2.24, 2.45) is 5.92 Å². The maximum atomic E-state index is 12.2. The molecule has 2 aliphatic heterocycles. The Morgan fingerprint density at radius 1 is 1.32 bits per heavy atom. The van der Waals surface area contributed by atoms with Crippen molar-refractivity contribution >= 4 is 48.1 Å². The molecule has 5 nitrogen and oxygen atoms in total. The number of rotatable bonds is 5. The zero-order valence-electron chi connectivity index (χ0n) is 14.2. The van der Waals surface area contributed by atoms with E-state index in [9.17, 15) is 4.79 Å². The van der Waals surface area contributed by atoms with Crippen molar-refractivity contribution in [2.45, 2.75) is 38.1 Å². The van der Waals surface area contributed by atoms with Gasteiger partial charge in [0.1, 0.15) is 5.82 Å². The summed E-state index contributed by atoms with van der Waals surface area (Å²) in [6, 6.07) is 3.89. The molecule has 2 fully saturated rings.